The van der Waals surface area contributed by atoms with E-state index in [-0.39, 0.29) is 30.6 Å². The highest BCUT2D eigenvalue weighted by molar-refractivity contribution is 6.00. The number of amides is 1. The summed E-state index contributed by atoms with van der Waals surface area (Å²) >= 11 is 0. The fourth-order valence-corrected chi connectivity index (χ4v) is 3.78. The van der Waals surface area contributed by atoms with Gasteiger partial charge in [-0.05, 0) is 49.6 Å². The number of rotatable bonds is 7. The minimum atomic E-state index is -0.0610. The monoisotopic (exact) mass is 381 g/mol. The van der Waals surface area contributed by atoms with Crippen LogP contribution in [0.15, 0.2) is 42.5 Å². The molecule has 148 valence electrons. The lowest BCUT2D eigenvalue weighted by atomic mass is 10.0. The van der Waals surface area contributed by atoms with Crippen molar-refractivity contribution >= 4 is 11.7 Å². The van der Waals surface area contributed by atoms with Gasteiger partial charge in [0, 0.05) is 19.4 Å². The SMILES string of the molecule is COc1ccc([C@H]2CCCN2C(=O)CCC(=O)c2cc(C)ccc2OC)cc1. The number of carbonyl (C=O) groups excluding carboxylic acids is 2. The predicted octanol–water partition coefficient (Wildman–Crippen LogP) is 4.34. The van der Waals surface area contributed by atoms with Gasteiger partial charge in [-0.1, -0.05) is 23.8 Å². The highest BCUT2D eigenvalue weighted by Gasteiger charge is 2.30. The van der Waals surface area contributed by atoms with Crippen molar-refractivity contribution in [1.82, 2.24) is 4.90 Å². The minimum absolute atomic E-state index is 0.0262. The van der Waals surface area contributed by atoms with Crippen LogP contribution in [0.4, 0.5) is 0 Å². The smallest absolute Gasteiger partial charge is 0.223 e. The highest BCUT2D eigenvalue weighted by Crippen LogP contribution is 2.33. The first-order valence-electron chi connectivity index (χ1n) is 9.64. The molecule has 28 heavy (non-hydrogen) atoms. The Morgan fingerprint density at radius 3 is 2.46 bits per heavy atom. The number of methoxy groups -OCH3 is 2. The molecule has 1 saturated heterocycles. The molecule has 5 heteroatoms. The van der Waals surface area contributed by atoms with Crippen LogP contribution < -0.4 is 9.47 Å². The number of Topliss-reactive ketones (excluding diaryl/α,β-unsaturated/α-hetero) is 1. The topological polar surface area (TPSA) is 55.8 Å². The Hall–Kier alpha value is -2.82. The average molecular weight is 381 g/mol. The van der Waals surface area contributed by atoms with Crippen LogP contribution in [0.5, 0.6) is 11.5 Å². The minimum Gasteiger partial charge on any atom is -0.497 e. The Morgan fingerprint density at radius 1 is 1.04 bits per heavy atom. The van der Waals surface area contributed by atoms with Crippen LogP contribution in [0.1, 0.15) is 53.2 Å². The summed E-state index contributed by atoms with van der Waals surface area (Å²) in [5.41, 5.74) is 2.65. The van der Waals surface area contributed by atoms with E-state index in [2.05, 4.69) is 0 Å². The van der Waals surface area contributed by atoms with Crippen molar-refractivity contribution in [3.8, 4) is 11.5 Å². The van der Waals surface area contributed by atoms with E-state index < -0.39 is 0 Å². The summed E-state index contributed by atoms with van der Waals surface area (Å²) in [4.78, 5) is 27.4. The molecular weight excluding hydrogens is 354 g/mol. The summed E-state index contributed by atoms with van der Waals surface area (Å²) in [6.45, 7) is 2.67. The Labute approximate surface area is 166 Å². The molecule has 5 nitrogen and oxygen atoms in total. The lowest BCUT2D eigenvalue weighted by Gasteiger charge is -2.25. The molecule has 0 unspecified atom stereocenters. The molecule has 1 aliphatic heterocycles. The van der Waals surface area contributed by atoms with E-state index in [1.54, 1.807) is 20.3 Å². The van der Waals surface area contributed by atoms with E-state index in [4.69, 9.17) is 9.47 Å². The molecule has 1 aliphatic rings. The number of ether oxygens (including phenoxy) is 2. The molecular formula is C23H27NO4. The third-order valence-corrected chi connectivity index (χ3v) is 5.30. The molecule has 0 aliphatic carbocycles. The number of aryl methyl sites for hydroxylation is 1. The maximum Gasteiger partial charge on any atom is 0.223 e. The van der Waals surface area contributed by atoms with E-state index in [0.717, 1.165) is 36.3 Å². The number of ketones is 1. The van der Waals surface area contributed by atoms with Gasteiger partial charge in [0.15, 0.2) is 5.78 Å². The normalized spacial score (nSPS) is 16.1. The van der Waals surface area contributed by atoms with Crippen LogP contribution >= 0.6 is 0 Å². The van der Waals surface area contributed by atoms with Crippen LogP contribution in [-0.2, 0) is 4.79 Å². The van der Waals surface area contributed by atoms with Gasteiger partial charge in [-0.25, -0.2) is 0 Å². The summed E-state index contributed by atoms with van der Waals surface area (Å²) in [6.07, 6.45) is 2.31. The van der Waals surface area contributed by atoms with Crippen LogP contribution in [-0.4, -0.2) is 37.4 Å². The van der Waals surface area contributed by atoms with Crippen molar-refractivity contribution in [2.45, 2.75) is 38.6 Å². The van der Waals surface area contributed by atoms with Gasteiger partial charge in [0.05, 0.1) is 25.8 Å². The molecule has 1 heterocycles. The number of hydrogen-bond acceptors (Lipinski definition) is 4. The van der Waals surface area contributed by atoms with E-state index in [9.17, 15) is 9.59 Å². The molecule has 2 aromatic rings. The first-order valence-corrected chi connectivity index (χ1v) is 9.64. The summed E-state index contributed by atoms with van der Waals surface area (Å²) in [5.74, 6) is 1.32. The van der Waals surface area contributed by atoms with Crippen molar-refractivity contribution in [3.63, 3.8) is 0 Å². The number of nitrogens with zero attached hydrogens (tertiary/aromatic N) is 1. The lowest BCUT2D eigenvalue weighted by Crippen LogP contribution is -2.30. The second kappa shape index (κ2) is 8.91. The third-order valence-electron chi connectivity index (χ3n) is 5.30. The molecule has 1 fully saturated rings. The molecule has 0 spiro atoms. The zero-order valence-electron chi connectivity index (χ0n) is 16.7. The summed E-state index contributed by atoms with van der Waals surface area (Å²) in [5, 5.41) is 0. The average Bonchev–Trinajstić information content (AvgIpc) is 3.21. The summed E-state index contributed by atoms with van der Waals surface area (Å²) in [7, 11) is 3.19. The zero-order chi connectivity index (χ0) is 20.1. The van der Waals surface area contributed by atoms with E-state index in [1.165, 1.54) is 0 Å². The summed E-state index contributed by atoms with van der Waals surface area (Å²) < 4.78 is 10.5. The fourth-order valence-electron chi connectivity index (χ4n) is 3.78. The molecule has 1 amide bonds. The van der Waals surface area contributed by atoms with Crippen molar-refractivity contribution in [2.75, 3.05) is 20.8 Å². The van der Waals surface area contributed by atoms with Crippen molar-refractivity contribution < 1.29 is 19.1 Å². The lowest BCUT2D eigenvalue weighted by molar-refractivity contribution is -0.132. The van der Waals surface area contributed by atoms with Crippen LogP contribution in [0.25, 0.3) is 0 Å². The fraction of sp³-hybridized carbons (Fsp3) is 0.391. The van der Waals surface area contributed by atoms with Crippen molar-refractivity contribution in [2.24, 2.45) is 0 Å². The summed E-state index contributed by atoms with van der Waals surface area (Å²) in [6, 6.07) is 13.5. The van der Waals surface area contributed by atoms with Gasteiger partial charge in [0.2, 0.25) is 5.91 Å². The maximum absolute atomic E-state index is 12.8. The van der Waals surface area contributed by atoms with Gasteiger partial charge < -0.3 is 14.4 Å². The van der Waals surface area contributed by atoms with Crippen LogP contribution in [0.2, 0.25) is 0 Å². The number of hydrogen-bond donors (Lipinski definition) is 0. The van der Waals surface area contributed by atoms with Gasteiger partial charge in [-0.3, -0.25) is 9.59 Å². The molecule has 0 N–H and O–H groups in total. The molecule has 2 aromatic carbocycles. The zero-order valence-corrected chi connectivity index (χ0v) is 16.7. The van der Waals surface area contributed by atoms with Gasteiger partial charge in [0.1, 0.15) is 11.5 Å². The number of carbonyl (C=O) groups is 2. The third kappa shape index (κ3) is 4.35. The second-order valence-corrected chi connectivity index (χ2v) is 7.15. The molecule has 0 saturated carbocycles. The van der Waals surface area contributed by atoms with E-state index in [0.29, 0.717) is 11.3 Å². The predicted molar refractivity (Wildman–Crippen MR) is 108 cm³/mol. The van der Waals surface area contributed by atoms with Crippen molar-refractivity contribution in [1.29, 1.82) is 0 Å². The molecule has 0 radical (unpaired) electrons. The van der Waals surface area contributed by atoms with Gasteiger partial charge in [0.25, 0.3) is 0 Å². The van der Waals surface area contributed by atoms with E-state index >= 15 is 0 Å². The van der Waals surface area contributed by atoms with Gasteiger partial charge in [-0.2, -0.15) is 0 Å². The first-order chi connectivity index (χ1) is 13.5. The standard InChI is InChI=1S/C23H27NO4/c1-16-6-12-22(28-3)19(15-16)21(25)11-13-23(26)24-14-4-5-20(24)17-7-9-18(27-2)10-8-17/h6-10,12,15,20H,4-5,11,13-14H2,1-3H3/t20-/m1/s1. The Morgan fingerprint density at radius 2 is 1.79 bits per heavy atom. The Kier molecular flexibility index (Phi) is 6.34. The molecule has 3 rings (SSSR count). The van der Waals surface area contributed by atoms with Gasteiger partial charge >= 0.3 is 0 Å². The van der Waals surface area contributed by atoms with Crippen LogP contribution in [0, 0.1) is 6.92 Å². The van der Waals surface area contributed by atoms with Crippen LogP contribution in [0.3, 0.4) is 0 Å². The largest absolute Gasteiger partial charge is 0.497 e. The second-order valence-electron chi connectivity index (χ2n) is 7.15. The molecule has 1 atom stereocenters. The Bertz CT molecular complexity index is 844. The molecule has 0 aromatic heterocycles. The molecule has 0 bridgehead atoms. The maximum atomic E-state index is 12.8. The number of likely N-dealkylation sites (tertiary alicyclic amines) is 1. The highest BCUT2D eigenvalue weighted by atomic mass is 16.5. The first kappa shape index (κ1) is 19.9. The van der Waals surface area contributed by atoms with Gasteiger partial charge in [-0.15, -0.1) is 0 Å². The Balaban J connectivity index is 1.65. The van der Waals surface area contributed by atoms with Crippen molar-refractivity contribution in [3.05, 3.63) is 59.2 Å². The van der Waals surface area contributed by atoms with E-state index in [1.807, 2.05) is 48.2 Å². The number of benzene rings is 2. The quantitative estimate of drug-likeness (QED) is 0.670.